The summed E-state index contributed by atoms with van der Waals surface area (Å²) >= 11 is 0. The Labute approximate surface area is 163 Å². The molecule has 0 amide bonds. The van der Waals surface area contributed by atoms with E-state index >= 15 is 0 Å². The first-order chi connectivity index (χ1) is 13.3. The van der Waals surface area contributed by atoms with Crippen LogP contribution < -0.4 is 4.90 Å². The second kappa shape index (κ2) is 9.68. The number of hydrogen-bond acceptors (Lipinski definition) is 8. The van der Waals surface area contributed by atoms with Gasteiger partial charge in [0.1, 0.15) is 6.61 Å². The largest absolute Gasteiger partial charge is 0.463 e. The van der Waals surface area contributed by atoms with Crippen LogP contribution in [0.2, 0.25) is 0 Å². The maximum atomic E-state index is 12.2. The molecule has 28 heavy (non-hydrogen) atoms. The maximum absolute atomic E-state index is 12.2. The molecule has 0 radical (unpaired) electrons. The standard InChI is InChI=1S/C20H24N2O6/c1-5-26-19(24)15-8-16(20(25)27-6-2)11-22(10-15)18-7-13(3)21-17(9-18)12-28-14(4)23/h7,9-11H,5-6,8,12H2,1-4H3. The number of pyridine rings is 1. The van der Waals surface area contributed by atoms with Crippen molar-refractivity contribution in [1.82, 2.24) is 4.98 Å². The fourth-order valence-corrected chi connectivity index (χ4v) is 2.63. The summed E-state index contributed by atoms with van der Waals surface area (Å²) in [5.74, 6) is -1.39. The van der Waals surface area contributed by atoms with Crippen molar-refractivity contribution >= 4 is 23.6 Å². The number of nitrogens with zero attached hydrogens (tertiary/aromatic N) is 2. The highest BCUT2D eigenvalue weighted by Gasteiger charge is 2.24. The van der Waals surface area contributed by atoms with E-state index in [0.29, 0.717) is 28.2 Å². The molecule has 0 N–H and O–H groups in total. The molecule has 0 atom stereocenters. The molecular weight excluding hydrogens is 364 g/mol. The third-order valence-corrected chi connectivity index (χ3v) is 3.76. The van der Waals surface area contributed by atoms with Gasteiger partial charge in [-0.1, -0.05) is 0 Å². The molecule has 0 spiro atoms. The second-order valence-corrected chi connectivity index (χ2v) is 6.07. The van der Waals surface area contributed by atoms with E-state index in [2.05, 4.69) is 4.98 Å². The first kappa shape index (κ1) is 21.1. The molecule has 0 aromatic carbocycles. The lowest BCUT2D eigenvalue weighted by Crippen LogP contribution is -2.23. The Bertz CT molecular complexity index is 794. The molecule has 0 fully saturated rings. The van der Waals surface area contributed by atoms with Gasteiger partial charge >= 0.3 is 17.9 Å². The number of carbonyl (C=O) groups excluding carboxylic acids is 3. The quantitative estimate of drug-likeness (QED) is 0.519. The first-order valence-electron chi connectivity index (χ1n) is 8.98. The van der Waals surface area contributed by atoms with Crippen LogP contribution in [0.25, 0.3) is 0 Å². The molecule has 1 aromatic heterocycles. The van der Waals surface area contributed by atoms with Crippen LogP contribution in [-0.2, 0) is 35.2 Å². The molecule has 1 aromatic rings. The van der Waals surface area contributed by atoms with E-state index < -0.39 is 17.9 Å². The monoisotopic (exact) mass is 388 g/mol. The van der Waals surface area contributed by atoms with Crippen LogP contribution in [-0.4, -0.2) is 36.1 Å². The van der Waals surface area contributed by atoms with E-state index in [9.17, 15) is 14.4 Å². The first-order valence-corrected chi connectivity index (χ1v) is 8.98. The highest BCUT2D eigenvalue weighted by atomic mass is 16.5. The number of carbonyl (C=O) groups is 3. The van der Waals surface area contributed by atoms with E-state index in [1.807, 2.05) is 0 Å². The van der Waals surface area contributed by atoms with Crippen LogP contribution in [0.1, 0.15) is 38.6 Å². The van der Waals surface area contributed by atoms with Gasteiger partial charge < -0.3 is 19.1 Å². The van der Waals surface area contributed by atoms with Crippen LogP contribution in [0.3, 0.4) is 0 Å². The van der Waals surface area contributed by atoms with Gasteiger partial charge in [-0.3, -0.25) is 9.78 Å². The summed E-state index contributed by atoms with van der Waals surface area (Å²) in [6, 6.07) is 3.51. The molecule has 0 bridgehead atoms. The Morgan fingerprint density at radius 3 is 2.07 bits per heavy atom. The zero-order chi connectivity index (χ0) is 20.7. The highest BCUT2D eigenvalue weighted by molar-refractivity contribution is 5.96. The van der Waals surface area contributed by atoms with Crippen molar-refractivity contribution in [1.29, 1.82) is 0 Å². The van der Waals surface area contributed by atoms with Gasteiger partial charge in [0.25, 0.3) is 0 Å². The van der Waals surface area contributed by atoms with Crippen molar-refractivity contribution in [2.45, 2.75) is 40.7 Å². The second-order valence-electron chi connectivity index (χ2n) is 6.07. The topological polar surface area (TPSA) is 95.0 Å². The van der Waals surface area contributed by atoms with Crippen LogP contribution in [0.5, 0.6) is 0 Å². The Hall–Kier alpha value is -3.16. The van der Waals surface area contributed by atoms with Gasteiger partial charge in [-0.2, -0.15) is 0 Å². The molecule has 150 valence electrons. The summed E-state index contributed by atoms with van der Waals surface area (Å²) in [6.07, 6.45) is 3.36. The molecule has 1 aliphatic rings. The van der Waals surface area contributed by atoms with Gasteiger partial charge in [-0.25, -0.2) is 9.59 Å². The van der Waals surface area contributed by atoms with Crippen LogP contribution in [0.4, 0.5) is 5.69 Å². The molecule has 0 saturated carbocycles. The number of hydrogen-bond donors (Lipinski definition) is 0. The van der Waals surface area contributed by atoms with Crippen molar-refractivity contribution in [3.8, 4) is 0 Å². The van der Waals surface area contributed by atoms with Crippen molar-refractivity contribution in [2.24, 2.45) is 0 Å². The molecule has 0 aliphatic carbocycles. The fraction of sp³-hybridized carbons (Fsp3) is 0.400. The lowest BCUT2D eigenvalue weighted by atomic mass is 10.0. The summed E-state index contributed by atoms with van der Waals surface area (Å²) in [5.41, 5.74) is 2.58. The molecule has 8 nitrogen and oxygen atoms in total. The predicted octanol–water partition coefficient (Wildman–Crippen LogP) is 2.56. The van der Waals surface area contributed by atoms with Crippen LogP contribution >= 0.6 is 0 Å². The number of aromatic nitrogens is 1. The van der Waals surface area contributed by atoms with Gasteiger partial charge in [0.05, 0.1) is 30.1 Å². The van der Waals surface area contributed by atoms with Crippen molar-refractivity contribution < 1.29 is 28.6 Å². The predicted molar refractivity (Wildman–Crippen MR) is 101 cm³/mol. The average molecular weight is 388 g/mol. The minimum Gasteiger partial charge on any atom is -0.463 e. The fourth-order valence-electron chi connectivity index (χ4n) is 2.63. The number of anilines is 1. The Balaban J connectivity index is 2.40. The summed E-state index contributed by atoms with van der Waals surface area (Å²) in [4.78, 5) is 41.5. The highest BCUT2D eigenvalue weighted by Crippen LogP contribution is 2.27. The molecule has 8 heteroatoms. The summed E-state index contributed by atoms with van der Waals surface area (Å²) in [7, 11) is 0. The number of rotatable bonds is 7. The molecule has 2 rings (SSSR count). The lowest BCUT2D eigenvalue weighted by Gasteiger charge is -2.24. The summed E-state index contributed by atoms with van der Waals surface area (Å²) < 4.78 is 15.2. The third-order valence-electron chi connectivity index (χ3n) is 3.76. The Morgan fingerprint density at radius 2 is 1.57 bits per heavy atom. The van der Waals surface area contributed by atoms with Crippen molar-refractivity contribution in [2.75, 3.05) is 18.1 Å². The average Bonchev–Trinajstić information content (AvgIpc) is 2.66. The van der Waals surface area contributed by atoms with Gasteiger partial charge in [0.15, 0.2) is 0 Å². The van der Waals surface area contributed by atoms with E-state index in [0.717, 1.165) is 0 Å². The van der Waals surface area contributed by atoms with E-state index in [-0.39, 0.29) is 26.2 Å². The van der Waals surface area contributed by atoms with E-state index in [4.69, 9.17) is 14.2 Å². The minimum atomic E-state index is -0.492. The Kier molecular flexibility index (Phi) is 7.31. The molecule has 0 saturated heterocycles. The van der Waals surface area contributed by atoms with Crippen molar-refractivity contribution in [3.63, 3.8) is 0 Å². The smallest absolute Gasteiger partial charge is 0.335 e. The van der Waals surface area contributed by atoms with E-state index in [1.54, 1.807) is 50.2 Å². The molecule has 2 heterocycles. The van der Waals surface area contributed by atoms with Gasteiger partial charge in [-0.05, 0) is 32.9 Å². The molecule has 1 aliphatic heterocycles. The molecule has 0 unspecified atom stereocenters. The van der Waals surface area contributed by atoms with Gasteiger partial charge in [0.2, 0.25) is 0 Å². The maximum Gasteiger partial charge on any atom is 0.335 e. The zero-order valence-corrected chi connectivity index (χ0v) is 16.5. The molecular formula is C20H24N2O6. The van der Waals surface area contributed by atoms with Crippen molar-refractivity contribution in [3.05, 3.63) is 47.1 Å². The summed E-state index contributed by atoms with van der Waals surface area (Å²) in [6.45, 7) is 7.05. The Morgan fingerprint density at radius 1 is 1.00 bits per heavy atom. The zero-order valence-electron chi connectivity index (χ0n) is 16.5. The van der Waals surface area contributed by atoms with Gasteiger partial charge in [0, 0.05) is 37.1 Å². The lowest BCUT2D eigenvalue weighted by molar-refractivity contribution is -0.142. The van der Waals surface area contributed by atoms with E-state index in [1.165, 1.54) is 6.92 Å². The minimum absolute atomic E-state index is 0.0285. The number of ether oxygens (including phenoxy) is 3. The normalized spacial score (nSPS) is 13.4. The van der Waals surface area contributed by atoms with Crippen LogP contribution in [0, 0.1) is 6.92 Å². The number of esters is 3. The number of aryl methyl sites for hydroxylation is 1. The summed E-state index contributed by atoms with van der Waals surface area (Å²) in [5, 5.41) is 0. The SMILES string of the molecule is CCOC(=O)C1=CN(c2cc(C)nc(COC(C)=O)c2)C=C(C(=O)OCC)C1. The third kappa shape index (κ3) is 5.67. The van der Waals surface area contributed by atoms with Crippen LogP contribution in [0.15, 0.2) is 35.7 Å². The van der Waals surface area contributed by atoms with Gasteiger partial charge in [-0.15, -0.1) is 0 Å².